The SMILES string of the molecule is CC(C)C(=O)N1CCC(C(=O)Nc2cccc(CSCC(=O)O)c2)CC1. The van der Waals surface area contributed by atoms with Gasteiger partial charge in [0.2, 0.25) is 11.8 Å². The number of hydrogen-bond acceptors (Lipinski definition) is 4. The first-order valence-electron chi connectivity index (χ1n) is 8.85. The Morgan fingerprint density at radius 2 is 1.96 bits per heavy atom. The summed E-state index contributed by atoms with van der Waals surface area (Å²) < 4.78 is 0. The van der Waals surface area contributed by atoms with Gasteiger partial charge in [-0.15, -0.1) is 11.8 Å². The fourth-order valence-electron chi connectivity index (χ4n) is 2.97. The van der Waals surface area contributed by atoms with Crippen LogP contribution in [0.25, 0.3) is 0 Å². The van der Waals surface area contributed by atoms with Crippen LogP contribution < -0.4 is 5.32 Å². The molecule has 0 radical (unpaired) electrons. The zero-order valence-corrected chi connectivity index (χ0v) is 16.1. The Bertz CT molecular complexity index is 655. The van der Waals surface area contributed by atoms with Crippen molar-refractivity contribution < 1.29 is 19.5 Å². The Kier molecular flexibility index (Phi) is 7.50. The number of carbonyl (C=O) groups is 3. The van der Waals surface area contributed by atoms with Gasteiger partial charge in [0.15, 0.2) is 0 Å². The van der Waals surface area contributed by atoms with E-state index in [9.17, 15) is 14.4 Å². The van der Waals surface area contributed by atoms with Gasteiger partial charge in [0.05, 0.1) is 5.75 Å². The van der Waals surface area contributed by atoms with Crippen molar-refractivity contribution in [1.82, 2.24) is 4.90 Å². The van der Waals surface area contributed by atoms with E-state index in [0.29, 0.717) is 31.7 Å². The number of benzene rings is 1. The lowest BCUT2D eigenvalue weighted by Crippen LogP contribution is -2.43. The molecule has 6 nitrogen and oxygen atoms in total. The highest BCUT2D eigenvalue weighted by atomic mass is 32.2. The number of aliphatic carboxylic acids is 1. The molecule has 0 unspecified atom stereocenters. The number of nitrogens with zero attached hydrogens (tertiary/aromatic N) is 1. The van der Waals surface area contributed by atoms with Gasteiger partial charge >= 0.3 is 5.97 Å². The van der Waals surface area contributed by atoms with E-state index >= 15 is 0 Å². The molecule has 0 bridgehead atoms. The minimum absolute atomic E-state index is 0.0119. The van der Waals surface area contributed by atoms with Crippen molar-refractivity contribution in [2.24, 2.45) is 11.8 Å². The van der Waals surface area contributed by atoms with Crippen molar-refractivity contribution in [2.75, 3.05) is 24.2 Å². The van der Waals surface area contributed by atoms with Gasteiger partial charge in [0, 0.05) is 36.4 Å². The van der Waals surface area contributed by atoms with Crippen molar-refractivity contribution in [2.45, 2.75) is 32.4 Å². The van der Waals surface area contributed by atoms with E-state index in [2.05, 4.69) is 5.32 Å². The van der Waals surface area contributed by atoms with Crippen molar-refractivity contribution in [3.63, 3.8) is 0 Å². The minimum Gasteiger partial charge on any atom is -0.481 e. The van der Waals surface area contributed by atoms with Crippen molar-refractivity contribution in [3.05, 3.63) is 29.8 Å². The highest BCUT2D eigenvalue weighted by Gasteiger charge is 2.28. The Balaban J connectivity index is 1.84. The van der Waals surface area contributed by atoms with Crippen LogP contribution in [-0.2, 0) is 20.1 Å². The lowest BCUT2D eigenvalue weighted by Gasteiger charge is -2.32. The van der Waals surface area contributed by atoms with Gasteiger partial charge < -0.3 is 15.3 Å². The fourth-order valence-corrected chi connectivity index (χ4v) is 3.66. The molecule has 0 aromatic heterocycles. The Morgan fingerprint density at radius 1 is 1.27 bits per heavy atom. The standard InChI is InChI=1S/C19H26N2O4S/c1-13(2)19(25)21-8-6-15(7-9-21)18(24)20-16-5-3-4-14(10-16)11-26-12-17(22)23/h3-5,10,13,15H,6-9,11-12H2,1-2H3,(H,20,24)(H,22,23). The number of nitrogens with one attached hydrogen (secondary N) is 1. The van der Waals surface area contributed by atoms with Gasteiger partial charge in [-0.05, 0) is 30.5 Å². The Morgan fingerprint density at radius 3 is 2.58 bits per heavy atom. The molecule has 2 rings (SSSR count). The van der Waals surface area contributed by atoms with Gasteiger partial charge in [-0.3, -0.25) is 14.4 Å². The maximum Gasteiger partial charge on any atom is 0.313 e. The molecule has 2 amide bonds. The minimum atomic E-state index is -0.832. The topological polar surface area (TPSA) is 86.7 Å². The highest BCUT2D eigenvalue weighted by molar-refractivity contribution is 7.99. The summed E-state index contributed by atoms with van der Waals surface area (Å²) in [5, 5.41) is 11.6. The molecule has 0 aliphatic carbocycles. The molecule has 0 spiro atoms. The molecule has 2 N–H and O–H groups in total. The van der Waals surface area contributed by atoms with Crippen LogP contribution in [0.3, 0.4) is 0 Å². The summed E-state index contributed by atoms with van der Waals surface area (Å²) in [5.41, 5.74) is 1.70. The number of carboxylic acid groups (broad SMARTS) is 1. The zero-order valence-electron chi connectivity index (χ0n) is 15.2. The number of piperidine rings is 1. The van der Waals surface area contributed by atoms with Crippen LogP contribution in [0.15, 0.2) is 24.3 Å². The van der Waals surface area contributed by atoms with E-state index in [4.69, 9.17) is 5.11 Å². The molecule has 1 aliphatic rings. The lowest BCUT2D eigenvalue weighted by atomic mass is 9.95. The maximum absolute atomic E-state index is 12.5. The predicted octanol–water partition coefficient (Wildman–Crippen LogP) is 2.84. The number of amides is 2. The second kappa shape index (κ2) is 9.62. The third-order valence-electron chi connectivity index (χ3n) is 4.36. The molecule has 1 aliphatic heterocycles. The number of rotatable bonds is 7. The first-order chi connectivity index (χ1) is 12.4. The quantitative estimate of drug-likeness (QED) is 0.762. The molecule has 1 saturated heterocycles. The number of likely N-dealkylation sites (tertiary alicyclic amines) is 1. The first kappa shape index (κ1) is 20.3. The third-order valence-corrected chi connectivity index (χ3v) is 5.35. The summed E-state index contributed by atoms with van der Waals surface area (Å²) in [7, 11) is 0. The van der Waals surface area contributed by atoms with Gasteiger partial charge in [-0.1, -0.05) is 26.0 Å². The fraction of sp³-hybridized carbons (Fsp3) is 0.526. The van der Waals surface area contributed by atoms with E-state index in [-0.39, 0.29) is 29.4 Å². The number of thioether (sulfide) groups is 1. The molecule has 0 saturated carbocycles. The largest absolute Gasteiger partial charge is 0.481 e. The van der Waals surface area contributed by atoms with Crippen LogP contribution >= 0.6 is 11.8 Å². The van der Waals surface area contributed by atoms with Crippen molar-refractivity contribution >= 4 is 35.2 Å². The van der Waals surface area contributed by atoms with Crippen LogP contribution in [0.4, 0.5) is 5.69 Å². The normalized spacial score (nSPS) is 15.1. The van der Waals surface area contributed by atoms with E-state index in [1.54, 1.807) is 0 Å². The molecule has 0 atom stereocenters. The monoisotopic (exact) mass is 378 g/mol. The molecule has 1 aromatic rings. The lowest BCUT2D eigenvalue weighted by molar-refractivity contribution is -0.137. The average molecular weight is 378 g/mol. The average Bonchev–Trinajstić information content (AvgIpc) is 2.61. The molecule has 1 fully saturated rings. The second-order valence-corrected chi connectivity index (χ2v) is 7.82. The van der Waals surface area contributed by atoms with Crippen LogP contribution in [-0.4, -0.2) is 46.6 Å². The number of carboxylic acids is 1. The molecule has 1 aromatic carbocycles. The second-order valence-electron chi connectivity index (χ2n) is 6.83. The first-order valence-corrected chi connectivity index (χ1v) is 10.0. The van der Waals surface area contributed by atoms with Crippen molar-refractivity contribution in [1.29, 1.82) is 0 Å². The third kappa shape index (κ3) is 6.05. The number of anilines is 1. The van der Waals surface area contributed by atoms with Crippen LogP contribution in [0.2, 0.25) is 0 Å². The smallest absolute Gasteiger partial charge is 0.313 e. The molecule has 26 heavy (non-hydrogen) atoms. The summed E-state index contributed by atoms with van der Waals surface area (Å²) in [5.74, 6) is -0.150. The molecular formula is C19H26N2O4S. The summed E-state index contributed by atoms with van der Waals surface area (Å²) >= 11 is 1.33. The van der Waals surface area contributed by atoms with Gasteiger partial charge in [0.25, 0.3) is 0 Å². The van der Waals surface area contributed by atoms with Gasteiger partial charge in [-0.25, -0.2) is 0 Å². The maximum atomic E-state index is 12.5. The Labute approximate surface area is 158 Å². The van der Waals surface area contributed by atoms with E-state index in [0.717, 1.165) is 11.3 Å². The molecule has 142 valence electrons. The van der Waals surface area contributed by atoms with Crippen molar-refractivity contribution in [3.8, 4) is 0 Å². The van der Waals surface area contributed by atoms with E-state index in [1.807, 2.05) is 43.0 Å². The zero-order chi connectivity index (χ0) is 19.1. The number of carbonyl (C=O) groups excluding carboxylic acids is 2. The van der Waals surface area contributed by atoms with Crippen LogP contribution in [0, 0.1) is 11.8 Å². The summed E-state index contributed by atoms with van der Waals surface area (Å²) in [6, 6.07) is 7.49. The van der Waals surface area contributed by atoms with Gasteiger partial charge in [-0.2, -0.15) is 0 Å². The molecular weight excluding hydrogens is 352 g/mol. The molecule has 1 heterocycles. The van der Waals surface area contributed by atoms with Crippen LogP contribution in [0.1, 0.15) is 32.3 Å². The molecule has 7 heteroatoms. The summed E-state index contributed by atoms with van der Waals surface area (Å²) in [4.78, 5) is 36.9. The van der Waals surface area contributed by atoms with E-state index < -0.39 is 5.97 Å². The summed E-state index contributed by atoms with van der Waals surface area (Å²) in [6.45, 7) is 5.04. The van der Waals surface area contributed by atoms with Crippen LogP contribution in [0.5, 0.6) is 0 Å². The van der Waals surface area contributed by atoms with Gasteiger partial charge in [0.1, 0.15) is 0 Å². The van der Waals surface area contributed by atoms with E-state index in [1.165, 1.54) is 11.8 Å². The number of hydrogen-bond donors (Lipinski definition) is 2. The predicted molar refractivity (Wildman–Crippen MR) is 103 cm³/mol. The Hall–Kier alpha value is -2.02. The summed E-state index contributed by atoms with van der Waals surface area (Å²) in [6.07, 6.45) is 1.36. The highest BCUT2D eigenvalue weighted by Crippen LogP contribution is 2.22.